The molecule has 1 fully saturated rings. The largest absolute Gasteiger partial charge is 0.493 e. The molecule has 2 rings (SSSR count). The van der Waals surface area contributed by atoms with Crippen molar-refractivity contribution in [1.29, 1.82) is 0 Å². The van der Waals surface area contributed by atoms with Crippen molar-refractivity contribution in [3.8, 4) is 5.75 Å². The van der Waals surface area contributed by atoms with Gasteiger partial charge in [-0.1, -0.05) is 28.9 Å². The average molecular weight is 255 g/mol. The molecule has 0 spiro atoms. The van der Waals surface area contributed by atoms with E-state index >= 15 is 0 Å². The minimum Gasteiger partial charge on any atom is -0.493 e. The fourth-order valence-electron chi connectivity index (χ4n) is 1.74. The second-order valence-corrected chi connectivity index (χ2v) is 5.00. The third kappa shape index (κ3) is 2.30. The molecule has 2 heteroatoms. The monoisotopic (exact) mass is 254 g/mol. The van der Waals surface area contributed by atoms with E-state index in [2.05, 4.69) is 22.9 Å². The van der Waals surface area contributed by atoms with Crippen molar-refractivity contribution in [2.45, 2.75) is 19.8 Å². The van der Waals surface area contributed by atoms with E-state index in [0.29, 0.717) is 0 Å². The summed E-state index contributed by atoms with van der Waals surface area (Å²) in [5, 5.41) is 0. The van der Waals surface area contributed by atoms with Gasteiger partial charge in [-0.2, -0.15) is 0 Å². The molecular formula is C12H15BrO. The van der Waals surface area contributed by atoms with Gasteiger partial charge in [-0.25, -0.2) is 0 Å². The first kappa shape index (κ1) is 10.0. The van der Waals surface area contributed by atoms with E-state index in [1.54, 1.807) is 0 Å². The summed E-state index contributed by atoms with van der Waals surface area (Å²) in [5.41, 5.74) is 0. The highest BCUT2D eigenvalue weighted by Gasteiger charge is 2.26. The summed E-state index contributed by atoms with van der Waals surface area (Å²) >= 11 is 3.43. The standard InChI is InChI=1S/C12H15BrO/c1-9-5-6-10(9)8-14-12-4-2-3-11(13)7-12/h2-4,7,9-10H,5-6,8H2,1H3. The van der Waals surface area contributed by atoms with Gasteiger partial charge >= 0.3 is 0 Å². The Bertz CT molecular complexity index is 311. The molecule has 0 saturated heterocycles. The summed E-state index contributed by atoms with van der Waals surface area (Å²) in [4.78, 5) is 0. The molecule has 0 aromatic heterocycles. The SMILES string of the molecule is CC1CCC1COc1cccc(Br)c1. The molecule has 2 unspecified atom stereocenters. The highest BCUT2D eigenvalue weighted by atomic mass is 79.9. The van der Waals surface area contributed by atoms with Crippen LogP contribution in [-0.4, -0.2) is 6.61 Å². The Kier molecular flexibility index (Phi) is 3.12. The second-order valence-electron chi connectivity index (χ2n) is 4.08. The second kappa shape index (κ2) is 4.35. The summed E-state index contributed by atoms with van der Waals surface area (Å²) in [6.07, 6.45) is 2.70. The zero-order valence-electron chi connectivity index (χ0n) is 8.37. The van der Waals surface area contributed by atoms with Crippen molar-refractivity contribution >= 4 is 15.9 Å². The van der Waals surface area contributed by atoms with E-state index in [1.807, 2.05) is 24.3 Å². The van der Waals surface area contributed by atoms with Crippen molar-refractivity contribution in [3.63, 3.8) is 0 Å². The molecule has 0 bridgehead atoms. The fraction of sp³-hybridized carbons (Fsp3) is 0.500. The van der Waals surface area contributed by atoms with E-state index in [1.165, 1.54) is 12.8 Å². The van der Waals surface area contributed by atoms with E-state index in [9.17, 15) is 0 Å². The van der Waals surface area contributed by atoms with Gasteiger partial charge in [0.1, 0.15) is 5.75 Å². The normalized spacial score (nSPS) is 25.6. The van der Waals surface area contributed by atoms with Crippen molar-refractivity contribution in [1.82, 2.24) is 0 Å². The number of halogens is 1. The van der Waals surface area contributed by atoms with E-state index in [-0.39, 0.29) is 0 Å². The molecule has 14 heavy (non-hydrogen) atoms. The third-order valence-corrected chi connectivity index (χ3v) is 3.55. The molecule has 76 valence electrons. The molecule has 2 atom stereocenters. The van der Waals surface area contributed by atoms with Crippen LogP contribution in [-0.2, 0) is 0 Å². The van der Waals surface area contributed by atoms with Gasteiger partial charge in [0.05, 0.1) is 6.61 Å². The Morgan fingerprint density at radius 2 is 2.29 bits per heavy atom. The van der Waals surface area contributed by atoms with Crippen molar-refractivity contribution < 1.29 is 4.74 Å². The highest BCUT2D eigenvalue weighted by Crippen LogP contribution is 2.34. The molecule has 1 aliphatic rings. The van der Waals surface area contributed by atoms with Gasteiger partial charge in [-0.3, -0.25) is 0 Å². The predicted octanol–water partition coefficient (Wildman–Crippen LogP) is 3.87. The molecular weight excluding hydrogens is 240 g/mol. The van der Waals surface area contributed by atoms with Gasteiger partial charge in [0.15, 0.2) is 0 Å². The van der Waals surface area contributed by atoms with Crippen LogP contribution in [0.1, 0.15) is 19.8 Å². The maximum absolute atomic E-state index is 5.73. The van der Waals surface area contributed by atoms with Crippen molar-refractivity contribution in [2.24, 2.45) is 11.8 Å². The smallest absolute Gasteiger partial charge is 0.120 e. The van der Waals surface area contributed by atoms with Crippen molar-refractivity contribution in [3.05, 3.63) is 28.7 Å². The third-order valence-electron chi connectivity index (χ3n) is 3.06. The summed E-state index contributed by atoms with van der Waals surface area (Å²) in [5.74, 6) is 2.59. The predicted molar refractivity (Wildman–Crippen MR) is 61.5 cm³/mol. The molecule has 0 amide bonds. The zero-order chi connectivity index (χ0) is 9.97. The van der Waals surface area contributed by atoms with E-state index < -0.39 is 0 Å². The summed E-state index contributed by atoms with van der Waals surface area (Å²) in [6, 6.07) is 8.04. The number of benzene rings is 1. The van der Waals surface area contributed by atoms with Crippen LogP contribution in [0.15, 0.2) is 28.7 Å². The number of hydrogen-bond acceptors (Lipinski definition) is 1. The first-order valence-electron chi connectivity index (χ1n) is 5.14. The Morgan fingerprint density at radius 1 is 1.43 bits per heavy atom. The lowest BCUT2D eigenvalue weighted by Crippen LogP contribution is -2.28. The minimum atomic E-state index is 0.772. The first-order valence-corrected chi connectivity index (χ1v) is 5.93. The molecule has 0 N–H and O–H groups in total. The van der Waals surface area contributed by atoms with Crippen LogP contribution in [0.4, 0.5) is 0 Å². The molecule has 1 aliphatic carbocycles. The lowest BCUT2D eigenvalue weighted by atomic mass is 9.75. The van der Waals surface area contributed by atoms with Gasteiger partial charge in [0.25, 0.3) is 0 Å². The van der Waals surface area contributed by atoms with Gasteiger partial charge in [0.2, 0.25) is 0 Å². The number of rotatable bonds is 3. The lowest BCUT2D eigenvalue weighted by Gasteiger charge is -2.33. The Labute approximate surface area is 93.6 Å². The maximum Gasteiger partial charge on any atom is 0.120 e. The van der Waals surface area contributed by atoms with E-state index in [0.717, 1.165) is 28.7 Å². The molecule has 0 aliphatic heterocycles. The van der Waals surface area contributed by atoms with Crippen molar-refractivity contribution in [2.75, 3.05) is 6.61 Å². The Hall–Kier alpha value is -0.500. The van der Waals surface area contributed by atoms with E-state index in [4.69, 9.17) is 4.74 Å². The topological polar surface area (TPSA) is 9.23 Å². The fourth-order valence-corrected chi connectivity index (χ4v) is 2.12. The molecule has 1 saturated carbocycles. The lowest BCUT2D eigenvalue weighted by molar-refractivity contribution is 0.116. The molecule has 1 aromatic carbocycles. The Morgan fingerprint density at radius 3 is 2.86 bits per heavy atom. The average Bonchev–Trinajstić information content (AvgIpc) is 2.16. The van der Waals surface area contributed by atoms with Crippen LogP contribution in [0.2, 0.25) is 0 Å². The molecule has 0 heterocycles. The van der Waals surface area contributed by atoms with Gasteiger partial charge in [0, 0.05) is 4.47 Å². The number of hydrogen-bond donors (Lipinski definition) is 0. The zero-order valence-corrected chi connectivity index (χ0v) is 9.96. The highest BCUT2D eigenvalue weighted by molar-refractivity contribution is 9.10. The van der Waals surface area contributed by atoms with Crippen LogP contribution >= 0.6 is 15.9 Å². The van der Waals surface area contributed by atoms with Gasteiger partial charge < -0.3 is 4.74 Å². The molecule has 1 aromatic rings. The summed E-state index contributed by atoms with van der Waals surface area (Å²) in [6.45, 7) is 3.18. The van der Waals surface area contributed by atoms with Gasteiger partial charge in [-0.15, -0.1) is 0 Å². The van der Waals surface area contributed by atoms with Crippen LogP contribution in [0, 0.1) is 11.8 Å². The summed E-state index contributed by atoms with van der Waals surface area (Å²) < 4.78 is 6.81. The first-order chi connectivity index (χ1) is 6.75. The van der Waals surface area contributed by atoms with Crippen LogP contribution in [0.3, 0.4) is 0 Å². The van der Waals surface area contributed by atoms with Crippen LogP contribution < -0.4 is 4.74 Å². The number of ether oxygens (including phenoxy) is 1. The molecule has 1 nitrogen and oxygen atoms in total. The molecule has 0 radical (unpaired) electrons. The summed E-state index contributed by atoms with van der Waals surface area (Å²) in [7, 11) is 0. The minimum absolute atomic E-state index is 0.772. The van der Waals surface area contributed by atoms with Crippen LogP contribution in [0.25, 0.3) is 0 Å². The quantitative estimate of drug-likeness (QED) is 0.796. The van der Waals surface area contributed by atoms with Gasteiger partial charge in [-0.05, 0) is 42.9 Å². The van der Waals surface area contributed by atoms with Crippen LogP contribution in [0.5, 0.6) is 5.75 Å². The Balaban J connectivity index is 1.85. The maximum atomic E-state index is 5.73.